The lowest BCUT2D eigenvalue weighted by molar-refractivity contribution is 0.908. The van der Waals surface area contributed by atoms with Gasteiger partial charge in [0.25, 0.3) is 0 Å². The summed E-state index contributed by atoms with van der Waals surface area (Å²) in [5.74, 6) is 0. The highest BCUT2D eigenvalue weighted by atomic mass is 127. The summed E-state index contributed by atoms with van der Waals surface area (Å²) in [6, 6.07) is 0. The Kier molecular flexibility index (Phi) is 2.61. The molecule has 2 rings (SSSR count). The Bertz CT molecular complexity index is 521. The van der Waals surface area contributed by atoms with Gasteiger partial charge >= 0.3 is 0 Å². The van der Waals surface area contributed by atoms with Gasteiger partial charge in [-0.25, -0.2) is 9.50 Å². The first-order chi connectivity index (χ1) is 6.52. The average molecular weight is 342 g/mol. The maximum atomic E-state index is 6.09. The van der Waals surface area contributed by atoms with Gasteiger partial charge in [0.1, 0.15) is 10.3 Å². The number of halogens is 3. The molecule has 0 saturated carbocycles. The third kappa shape index (κ3) is 1.40. The van der Waals surface area contributed by atoms with E-state index in [9.17, 15) is 0 Å². The molecule has 2 aromatic heterocycles. The van der Waals surface area contributed by atoms with E-state index in [1.54, 1.807) is 4.52 Å². The molecule has 0 bridgehead atoms. The van der Waals surface area contributed by atoms with Crippen LogP contribution >= 0.6 is 45.8 Å². The van der Waals surface area contributed by atoms with Crippen LogP contribution in [0, 0.1) is 17.4 Å². The molecular weight excluding hydrogens is 336 g/mol. The largest absolute Gasteiger partial charge is 0.215 e. The molecule has 6 heteroatoms. The van der Waals surface area contributed by atoms with Crippen molar-refractivity contribution >= 4 is 51.4 Å². The molecule has 3 nitrogen and oxygen atoms in total. The molecule has 0 N–H and O–H groups in total. The van der Waals surface area contributed by atoms with Crippen LogP contribution in [0.3, 0.4) is 0 Å². The van der Waals surface area contributed by atoms with Crippen molar-refractivity contribution in [1.82, 2.24) is 14.6 Å². The number of aromatic nitrogens is 3. The molecule has 0 unspecified atom stereocenters. The summed E-state index contributed by atoms with van der Waals surface area (Å²) in [5, 5.41) is 5.22. The molecule has 0 aliphatic carbocycles. The van der Waals surface area contributed by atoms with Crippen LogP contribution in [0.5, 0.6) is 0 Å². The van der Waals surface area contributed by atoms with Gasteiger partial charge in [-0.15, -0.1) is 0 Å². The maximum Gasteiger partial charge on any atom is 0.172 e. The standard InChI is InChI=1S/C8H6Cl2IN3/c1-3-6(9)12-8-5(11)4(2)13-14(8)7(3)10/h1-2H3. The van der Waals surface area contributed by atoms with E-state index in [0.717, 1.165) is 14.8 Å². The van der Waals surface area contributed by atoms with Crippen molar-refractivity contribution in [1.29, 1.82) is 0 Å². The van der Waals surface area contributed by atoms with E-state index in [4.69, 9.17) is 23.2 Å². The van der Waals surface area contributed by atoms with Gasteiger partial charge in [-0.3, -0.25) is 0 Å². The van der Waals surface area contributed by atoms with E-state index < -0.39 is 0 Å². The van der Waals surface area contributed by atoms with E-state index in [2.05, 4.69) is 32.7 Å². The number of aryl methyl sites for hydroxylation is 1. The molecule has 0 atom stereocenters. The maximum absolute atomic E-state index is 6.09. The lowest BCUT2D eigenvalue weighted by Crippen LogP contribution is -1.96. The molecule has 2 heterocycles. The van der Waals surface area contributed by atoms with Crippen LogP contribution in [-0.4, -0.2) is 14.6 Å². The number of hydrogen-bond acceptors (Lipinski definition) is 2. The van der Waals surface area contributed by atoms with Gasteiger partial charge in [-0.1, -0.05) is 23.2 Å². The van der Waals surface area contributed by atoms with Crippen LogP contribution in [-0.2, 0) is 0 Å². The number of rotatable bonds is 0. The molecule has 0 fully saturated rings. The Morgan fingerprint density at radius 1 is 1.29 bits per heavy atom. The molecule has 0 radical (unpaired) electrons. The minimum atomic E-state index is 0.431. The van der Waals surface area contributed by atoms with Crippen molar-refractivity contribution in [2.45, 2.75) is 13.8 Å². The molecule has 14 heavy (non-hydrogen) atoms. The summed E-state index contributed by atoms with van der Waals surface area (Å²) in [6.07, 6.45) is 0. The summed E-state index contributed by atoms with van der Waals surface area (Å²) in [6.45, 7) is 3.73. The van der Waals surface area contributed by atoms with Crippen LogP contribution in [0.2, 0.25) is 10.3 Å². The van der Waals surface area contributed by atoms with Gasteiger partial charge in [0, 0.05) is 5.56 Å². The van der Waals surface area contributed by atoms with Crippen LogP contribution in [0.15, 0.2) is 0 Å². The third-order valence-corrected chi connectivity index (χ3v) is 4.05. The fourth-order valence-corrected chi connectivity index (χ4v) is 2.03. The summed E-state index contributed by atoms with van der Waals surface area (Å²) in [5.41, 5.74) is 2.37. The highest BCUT2D eigenvalue weighted by Gasteiger charge is 2.14. The lowest BCUT2D eigenvalue weighted by atomic mass is 10.4. The molecule has 2 aromatic rings. The first-order valence-corrected chi connectivity index (χ1v) is 5.72. The zero-order valence-electron chi connectivity index (χ0n) is 7.48. The molecule has 0 spiro atoms. The minimum absolute atomic E-state index is 0.431. The van der Waals surface area contributed by atoms with Crippen molar-refractivity contribution in [3.8, 4) is 0 Å². The third-order valence-electron chi connectivity index (χ3n) is 1.97. The Labute approximate surface area is 105 Å². The SMILES string of the molecule is Cc1nn2c(Cl)c(C)c(Cl)nc2c1I. The van der Waals surface area contributed by atoms with Gasteiger partial charge in [-0.05, 0) is 36.4 Å². The molecule has 74 valence electrons. The Morgan fingerprint density at radius 3 is 2.57 bits per heavy atom. The molecule has 0 aromatic carbocycles. The fourth-order valence-electron chi connectivity index (χ4n) is 1.15. The highest BCUT2D eigenvalue weighted by Crippen LogP contribution is 2.26. The van der Waals surface area contributed by atoms with Crippen molar-refractivity contribution in [3.63, 3.8) is 0 Å². The Balaban J connectivity index is 2.98. The van der Waals surface area contributed by atoms with Gasteiger partial charge in [-0.2, -0.15) is 5.10 Å². The van der Waals surface area contributed by atoms with Crippen molar-refractivity contribution in [2.24, 2.45) is 0 Å². The zero-order chi connectivity index (χ0) is 10.5. The van der Waals surface area contributed by atoms with Crippen molar-refractivity contribution in [2.75, 3.05) is 0 Å². The fraction of sp³-hybridized carbons (Fsp3) is 0.250. The second-order valence-corrected chi connectivity index (χ2v) is 4.75. The molecule has 0 aliphatic rings. The van der Waals surface area contributed by atoms with Gasteiger partial charge in [0.15, 0.2) is 5.65 Å². The second-order valence-electron chi connectivity index (χ2n) is 2.95. The Hall–Kier alpha value is -0.0700. The topological polar surface area (TPSA) is 30.2 Å². The quantitative estimate of drug-likeness (QED) is 0.544. The van der Waals surface area contributed by atoms with Crippen LogP contribution < -0.4 is 0 Å². The summed E-state index contributed by atoms with van der Waals surface area (Å²) >= 11 is 14.2. The highest BCUT2D eigenvalue weighted by molar-refractivity contribution is 14.1. The van der Waals surface area contributed by atoms with E-state index in [0.29, 0.717) is 16.0 Å². The van der Waals surface area contributed by atoms with E-state index in [1.807, 2.05) is 13.8 Å². The predicted octanol–water partition coefficient (Wildman–Crippen LogP) is 3.26. The average Bonchev–Trinajstić information content (AvgIpc) is 2.42. The van der Waals surface area contributed by atoms with Crippen molar-refractivity contribution in [3.05, 3.63) is 25.1 Å². The monoisotopic (exact) mass is 341 g/mol. The molecular formula is C8H6Cl2IN3. The Morgan fingerprint density at radius 2 is 1.93 bits per heavy atom. The molecule has 0 aliphatic heterocycles. The van der Waals surface area contributed by atoms with Crippen molar-refractivity contribution < 1.29 is 0 Å². The van der Waals surface area contributed by atoms with Gasteiger partial charge < -0.3 is 0 Å². The van der Waals surface area contributed by atoms with Crippen LogP contribution in [0.25, 0.3) is 5.65 Å². The number of hydrogen-bond donors (Lipinski definition) is 0. The molecule has 0 amide bonds. The first-order valence-electron chi connectivity index (χ1n) is 3.88. The summed E-state index contributed by atoms with van der Waals surface area (Å²) in [4.78, 5) is 4.23. The zero-order valence-corrected chi connectivity index (χ0v) is 11.1. The minimum Gasteiger partial charge on any atom is -0.215 e. The van der Waals surface area contributed by atoms with Gasteiger partial charge in [0.2, 0.25) is 0 Å². The van der Waals surface area contributed by atoms with E-state index in [-0.39, 0.29) is 0 Å². The smallest absolute Gasteiger partial charge is 0.172 e. The number of nitrogens with zero attached hydrogens (tertiary/aromatic N) is 3. The second kappa shape index (κ2) is 3.50. The van der Waals surface area contributed by atoms with E-state index in [1.165, 1.54) is 0 Å². The van der Waals surface area contributed by atoms with Gasteiger partial charge in [0.05, 0.1) is 9.26 Å². The molecule has 0 saturated heterocycles. The van der Waals surface area contributed by atoms with E-state index >= 15 is 0 Å². The summed E-state index contributed by atoms with van der Waals surface area (Å²) in [7, 11) is 0. The van der Waals surface area contributed by atoms with Crippen LogP contribution in [0.4, 0.5) is 0 Å². The number of fused-ring (bicyclic) bond motifs is 1. The first kappa shape index (κ1) is 10.4. The predicted molar refractivity (Wildman–Crippen MR) is 65.2 cm³/mol. The van der Waals surface area contributed by atoms with Crippen LogP contribution in [0.1, 0.15) is 11.3 Å². The lowest BCUT2D eigenvalue weighted by Gasteiger charge is -2.02. The normalized spacial score (nSPS) is 11.2. The summed E-state index contributed by atoms with van der Waals surface area (Å²) < 4.78 is 2.59.